The van der Waals surface area contributed by atoms with Crippen LogP contribution in [0, 0.1) is 54.8 Å². The van der Waals surface area contributed by atoms with Crippen LogP contribution in [0.5, 0.6) is 0 Å². The monoisotopic (exact) mass is 870 g/mol. The molecule has 0 N–H and O–H groups in total. The van der Waals surface area contributed by atoms with Gasteiger partial charge in [0.25, 0.3) is 0 Å². The van der Waals surface area contributed by atoms with Gasteiger partial charge in [0, 0.05) is 101 Å². The van der Waals surface area contributed by atoms with Crippen molar-refractivity contribution in [2.45, 2.75) is 39.9 Å². The van der Waals surface area contributed by atoms with Gasteiger partial charge in [0.2, 0.25) is 0 Å². The predicted octanol–water partition coefficient (Wildman–Crippen LogP) is 9.76. The molecule has 324 valence electrons. The average molecular weight is 871 g/mol. The van der Waals surface area contributed by atoms with Crippen molar-refractivity contribution in [1.29, 1.82) is 15.8 Å². The molecule has 0 spiro atoms. The molecule has 3 aromatic carbocycles. The van der Waals surface area contributed by atoms with Gasteiger partial charge in [-0.2, -0.15) is 31.1 Å². The minimum Gasteiger partial charge on any atom is -0.276 e. The number of rotatable bonds is 9. The van der Waals surface area contributed by atoms with Crippen LogP contribution in [0.4, 0.5) is 0 Å². The van der Waals surface area contributed by atoms with E-state index in [-0.39, 0.29) is 0 Å². The Morgan fingerprint density at radius 1 is 0.439 bits per heavy atom. The zero-order valence-corrected chi connectivity index (χ0v) is 37.2. The number of pyridine rings is 3. The molecule has 0 bridgehead atoms. The highest BCUT2D eigenvalue weighted by atomic mass is 15.2. The molecule has 12 heteroatoms. The van der Waals surface area contributed by atoms with E-state index in [0.29, 0.717) is 67.5 Å². The van der Waals surface area contributed by atoms with Gasteiger partial charge in [-0.1, -0.05) is 54.6 Å². The molecule has 0 atom stereocenters. The number of hydrogen-bond donors (Lipinski definition) is 0. The van der Waals surface area contributed by atoms with E-state index in [1.165, 1.54) is 18.6 Å². The minimum atomic E-state index is -1.75. The molecule has 0 aliphatic heterocycles. The Kier molecular flexibility index (Phi) is 12.0. The van der Waals surface area contributed by atoms with Crippen LogP contribution in [0.15, 0.2) is 146 Å². The van der Waals surface area contributed by atoms with Crippen molar-refractivity contribution in [2.75, 3.05) is 0 Å². The van der Waals surface area contributed by atoms with Crippen molar-refractivity contribution in [3.05, 3.63) is 214 Å². The third kappa shape index (κ3) is 11.8. The second-order valence-corrected chi connectivity index (χ2v) is 15.2. The molecule has 0 aliphatic carbocycles. The summed E-state index contributed by atoms with van der Waals surface area (Å²) >= 11 is 0. The van der Waals surface area contributed by atoms with Crippen LogP contribution in [0.25, 0.3) is 33.8 Å². The molecule has 0 fully saturated rings. The highest BCUT2D eigenvalue weighted by molar-refractivity contribution is 5.67. The third-order valence-corrected chi connectivity index (χ3v) is 10.0. The van der Waals surface area contributed by atoms with Gasteiger partial charge < -0.3 is 0 Å². The van der Waals surface area contributed by atoms with Crippen LogP contribution in [0.3, 0.4) is 0 Å². The highest BCUT2D eigenvalue weighted by Crippen LogP contribution is 2.26. The van der Waals surface area contributed by atoms with Gasteiger partial charge in [0.15, 0.2) is 0 Å². The van der Waals surface area contributed by atoms with E-state index in [0.717, 1.165) is 33.4 Å². The Morgan fingerprint density at radius 2 is 0.727 bits per heavy atom. The topological polar surface area (TPSA) is 164 Å². The summed E-state index contributed by atoms with van der Waals surface area (Å²) in [4.78, 5) is 13.7. The molecule has 6 aromatic heterocycles. The number of nitrogens with zero attached hydrogens (tertiary/aromatic N) is 12. The van der Waals surface area contributed by atoms with Gasteiger partial charge in [-0.05, 0) is 109 Å². The van der Waals surface area contributed by atoms with Gasteiger partial charge in [0.05, 0.1) is 70.6 Å². The maximum absolute atomic E-state index is 9.07. The lowest BCUT2D eigenvalue weighted by atomic mass is 10.0. The smallest absolute Gasteiger partial charge is 0.0991 e. The van der Waals surface area contributed by atoms with E-state index in [4.69, 9.17) is 24.0 Å². The summed E-state index contributed by atoms with van der Waals surface area (Å²) in [5, 5.41) is 39.3. The minimum absolute atomic E-state index is 0.318. The maximum Gasteiger partial charge on any atom is 0.0991 e. The van der Waals surface area contributed by atoms with E-state index in [9.17, 15) is 0 Å². The average Bonchev–Trinajstić information content (AvgIpc) is 4.16. The lowest BCUT2D eigenvalue weighted by Gasteiger charge is -2.08. The van der Waals surface area contributed by atoms with Crippen molar-refractivity contribution >= 4 is 0 Å². The normalized spacial score (nSPS) is 12.4. The first-order chi connectivity index (χ1) is 34.2. The van der Waals surface area contributed by atoms with Crippen molar-refractivity contribution in [2.24, 2.45) is 21.1 Å². The van der Waals surface area contributed by atoms with Crippen molar-refractivity contribution in [1.82, 2.24) is 44.3 Å². The molecule has 12 nitrogen and oxygen atoms in total. The summed E-state index contributed by atoms with van der Waals surface area (Å²) in [6.07, 6.45) is 4.25. The zero-order valence-electron chi connectivity index (χ0n) is 43.2. The van der Waals surface area contributed by atoms with Crippen LogP contribution in [0.1, 0.15) is 75.4 Å². The summed E-state index contributed by atoms with van der Waals surface area (Å²) in [5.74, 6) is 0. The van der Waals surface area contributed by atoms with Gasteiger partial charge in [0.1, 0.15) is 0 Å². The third-order valence-electron chi connectivity index (χ3n) is 10.0. The fourth-order valence-electron chi connectivity index (χ4n) is 6.78. The standard InChI is InChI=1S/3C18H16N4/c3*1-13-6-7-17(9-15-11-20-22(2)12-15)21-18(13)16-5-3-4-14(8-16)10-19/h3*3-8,11-12H,9H2,1-2H3/i3*9D2. The van der Waals surface area contributed by atoms with Crippen molar-refractivity contribution in [3.8, 4) is 52.0 Å². The molecule has 0 saturated heterocycles. The van der Waals surface area contributed by atoms with Gasteiger partial charge in [-0.3, -0.25) is 29.0 Å². The SMILES string of the molecule is [2H]C([2H])(c1cnn(C)c1)c1ccc(C)c(-c2cccc(C#N)c2)n1.[2H]C([2H])(c1cnn(C)c1)c1ccc(C)c(-c2cccc(C#N)c2)n1.[2H]C([2H])(c1cnn(C)c1)c1ccc(C)c(-c2cccc(C#N)c2)n1. The van der Waals surface area contributed by atoms with Crippen LogP contribution in [-0.2, 0) is 40.3 Å². The summed E-state index contributed by atoms with van der Waals surface area (Å²) in [6, 6.07) is 38.5. The van der Waals surface area contributed by atoms with Gasteiger partial charge in [-0.15, -0.1) is 0 Å². The van der Waals surface area contributed by atoms with Crippen LogP contribution < -0.4 is 0 Å². The first-order valence-corrected chi connectivity index (χ1v) is 20.7. The number of aromatic nitrogens is 9. The van der Waals surface area contributed by atoms with E-state index in [1.54, 1.807) is 127 Å². The summed E-state index contributed by atoms with van der Waals surface area (Å²) in [6.45, 7) is 5.76. The van der Waals surface area contributed by atoms with Gasteiger partial charge in [-0.25, -0.2) is 0 Å². The maximum atomic E-state index is 9.07. The largest absolute Gasteiger partial charge is 0.276 e. The van der Waals surface area contributed by atoms with Gasteiger partial charge >= 0.3 is 0 Å². The van der Waals surface area contributed by atoms with Crippen LogP contribution >= 0.6 is 0 Å². The molecule has 0 radical (unpaired) electrons. The molecule has 0 amide bonds. The second-order valence-electron chi connectivity index (χ2n) is 15.2. The zero-order chi connectivity index (χ0) is 52.0. The summed E-state index contributed by atoms with van der Waals surface area (Å²) < 4.78 is 55.3. The molecular weight excluding hydrogens is 817 g/mol. The number of aryl methyl sites for hydroxylation is 6. The molecular formula is C54H48N12. The predicted molar refractivity (Wildman–Crippen MR) is 255 cm³/mol. The Morgan fingerprint density at radius 3 is 0.970 bits per heavy atom. The highest BCUT2D eigenvalue weighted by Gasteiger charge is 2.11. The van der Waals surface area contributed by atoms with Crippen LogP contribution in [-0.4, -0.2) is 44.3 Å². The fraction of sp³-hybridized carbons (Fsp3) is 0.167. The van der Waals surface area contributed by atoms with Crippen molar-refractivity contribution in [3.63, 3.8) is 0 Å². The fourth-order valence-corrected chi connectivity index (χ4v) is 6.78. The van der Waals surface area contributed by atoms with Crippen LogP contribution in [0.2, 0.25) is 0 Å². The molecule has 6 heterocycles. The van der Waals surface area contributed by atoms with Crippen molar-refractivity contribution < 1.29 is 8.22 Å². The Balaban J connectivity index is 0.000000158. The number of hydrogen-bond acceptors (Lipinski definition) is 9. The first kappa shape index (κ1) is 37.7. The summed E-state index contributed by atoms with van der Waals surface area (Å²) in [5.41, 5.74) is 11.2. The lowest BCUT2D eigenvalue weighted by Crippen LogP contribution is -1.96. The first-order valence-electron chi connectivity index (χ1n) is 23.7. The van der Waals surface area contributed by atoms with E-state index < -0.39 is 19.1 Å². The quantitative estimate of drug-likeness (QED) is 0.137. The van der Waals surface area contributed by atoms with E-state index in [2.05, 4.69) is 48.5 Å². The molecule has 0 saturated carbocycles. The molecule has 9 rings (SSSR count). The Hall–Kier alpha value is -8.79. The summed E-state index contributed by atoms with van der Waals surface area (Å²) in [7, 11) is 5.25. The second kappa shape index (κ2) is 21.1. The lowest BCUT2D eigenvalue weighted by molar-refractivity contribution is 0.767. The Labute approximate surface area is 393 Å². The molecule has 0 aliphatic rings. The van der Waals surface area contributed by atoms with E-state index in [1.807, 2.05) is 57.2 Å². The Bertz CT molecular complexity index is 3180. The molecule has 9 aromatic rings. The molecule has 0 unspecified atom stereocenters. The number of nitriles is 3. The number of benzene rings is 3. The molecule has 66 heavy (non-hydrogen) atoms. The van der Waals surface area contributed by atoms with E-state index >= 15 is 0 Å².